The third kappa shape index (κ3) is 1.86. The van der Waals surface area contributed by atoms with Crippen LogP contribution < -0.4 is 5.32 Å². The van der Waals surface area contributed by atoms with Crippen LogP contribution in [0.2, 0.25) is 0 Å². The fraction of sp³-hybridized carbons (Fsp3) is 0.400. The zero-order chi connectivity index (χ0) is 11.0. The van der Waals surface area contributed by atoms with Crippen molar-refractivity contribution < 1.29 is 13.9 Å². The number of hydrogen-bond acceptors (Lipinski definition) is 2. The molecule has 1 atom stereocenters. The number of hydrogen-bond donors (Lipinski definition) is 2. The molecule has 0 spiro atoms. The summed E-state index contributed by atoms with van der Waals surface area (Å²) in [5, 5.41) is 12.6. The molecule has 0 radical (unpaired) electrons. The van der Waals surface area contributed by atoms with E-state index < -0.39 is 11.6 Å². The van der Waals surface area contributed by atoms with Gasteiger partial charge in [0.05, 0.1) is 4.47 Å². The lowest BCUT2D eigenvalue weighted by atomic mass is 10.0. The average molecular weight is 278 g/mol. The Balaban J connectivity index is 2.50. The molecule has 2 rings (SSSR count). The summed E-state index contributed by atoms with van der Waals surface area (Å²) in [4.78, 5) is 0. The SMILES string of the molecule is Oc1cc(F)c(Br)c(F)c1C1CCCN1. The molecule has 1 aromatic rings. The summed E-state index contributed by atoms with van der Waals surface area (Å²) in [6, 6.07) is 0.713. The van der Waals surface area contributed by atoms with Gasteiger partial charge in [-0.1, -0.05) is 0 Å². The maximum Gasteiger partial charge on any atom is 0.148 e. The van der Waals surface area contributed by atoms with Crippen LogP contribution in [-0.2, 0) is 0 Å². The third-order valence-electron chi connectivity index (χ3n) is 2.59. The van der Waals surface area contributed by atoms with E-state index in [0.717, 1.165) is 25.5 Å². The number of phenolic OH excluding ortho intramolecular Hbond substituents is 1. The Bertz CT molecular complexity index is 391. The van der Waals surface area contributed by atoms with Crippen LogP contribution in [0.4, 0.5) is 8.78 Å². The van der Waals surface area contributed by atoms with Gasteiger partial charge in [0, 0.05) is 17.7 Å². The van der Waals surface area contributed by atoms with Crippen LogP contribution in [0.1, 0.15) is 24.4 Å². The molecule has 1 fully saturated rings. The molecule has 82 valence electrons. The van der Waals surface area contributed by atoms with E-state index in [2.05, 4.69) is 21.2 Å². The second-order valence-corrected chi connectivity index (χ2v) is 4.36. The minimum atomic E-state index is -0.785. The molecule has 1 aliphatic rings. The van der Waals surface area contributed by atoms with Crippen molar-refractivity contribution in [1.82, 2.24) is 5.32 Å². The minimum Gasteiger partial charge on any atom is -0.507 e. The number of aromatic hydroxyl groups is 1. The van der Waals surface area contributed by atoms with Gasteiger partial charge >= 0.3 is 0 Å². The van der Waals surface area contributed by atoms with Crippen molar-refractivity contribution in [2.24, 2.45) is 0 Å². The van der Waals surface area contributed by atoms with Crippen molar-refractivity contribution in [1.29, 1.82) is 0 Å². The smallest absolute Gasteiger partial charge is 0.148 e. The summed E-state index contributed by atoms with van der Waals surface area (Å²) in [5.74, 6) is -1.83. The summed E-state index contributed by atoms with van der Waals surface area (Å²) >= 11 is 2.82. The minimum absolute atomic E-state index is 0.153. The van der Waals surface area contributed by atoms with E-state index in [1.165, 1.54) is 0 Å². The predicted molar refractivity (Wildman–Crippen MR) is 55.7 cm³/mol. The summed E-state index contributed by atoms with van der Waals surface area (Å²) < 4.78 is 26.5. The lowest BCUT2D eigenvalue weighted by Gasteiger charge is -2.14. The molecule has 1 unspecified atom stereocenters. The van der Waals surface area contributed by atoms with Crippen molar-refractivity contribution in [2.75, 3.05) is 6.54 Å². The van der Waals surface area contributed by atoms with Gasteiger partial charge in [-0.15, -0.1) is 0 Å². The standard InChI is InChI=1S/C10H10BrF2NO/c11-9-5(12)4-7(15)8(10(9)13)6-2-1-3-14-6/h4,6,14-15H,1-3H2. The molecule has 1 aromatic carbocycles. The number of benzene rings is 1. The molecule has 0 aromatic heterocycles. The molecule has 1 aliphatic heterocycles. The van der Waals surface area contributed by atoms with E-state index in [1.54, 1.807) is 0 Å². The second-order valence-electron chi connectivity index (χ2n) is 3.57. The van der Waals surface area contributed by atoms with Crippen molar-refractivity contribution in [3.63, 3.8) is 0 Å². The highest BCUT2D eigenvalue weighted by atomic mass is 79.9. The Kier molecular flexibility index (Phi) is 2.93. The van der Waals surface area contributed by atoms with Crippen LogP contribution in [0.15, 0.2) is 10.5 Å². The molecule has 0 bridgehead atoms. The molecule has 0 saturated carbocycles. The Morgan fingerprint density at radius 3 is 2.80 bits per heavy atom. The summed E-state index contributed by atoms with van der Waals surface area (Å²) in [5.41, 5.74) is 0.153. The first-order valence-corrected chi connectivity index (χ1v) is 5.50. The van der Waals surface area contributed by atoms with Crippen molar-refractivity contribution in [3.05, 3.63) is 27.7 Å². The number of nitrogens with one attached hydrogen (secondary N) is 1. The highest BCUT2D eigenvalue weighted by molar-refractivity contribution is 9.10. The lowest BCUT2D eigenvalue weighted by Crippen LogP contribution is -2.15. The van der Waals surface area contributed by atoms with E-state index in [-0.39, 0.29) is 21.8 Å². The number of phenols is 1. The maximum atomic E-state index is 13.7. The monoisotopic (exact) mass is 277 g/mol. The summed E-state index contributed by atoms with van der Waals surface area (Å²) in [7, 11) is 0. The highest BCUT2D eigenvalue weighted by Gasteiger charge is 2.26. The molecule has 0 amide bonds. The third-order valence-corrected chi connectivity index (χ3v) is 3.31. The molecule has 0 aliphatic carbocycles. The zero-order valence-electron chi connectivity index (χ0n) is 7.86. The van der Waals surface area contributed by atoms with Gasteiger partial charge in [-0.3, -0.25) is 0 Å². The topological polar surface area (TPSA) is 32.3 Å². The van der Waals surface area contributed by atoms with Crippen LogP contribution in [0.3, 0.4) is 0 Å². The Hall–Kier alpha value is -0.680. The van der Waals surface area contributed by atoms with Crippen LogP contribution in [0.25, 0.3) is 0 Å². The number of halogens is 3. The Morgan fingerprint density at radius 2 is 2.20 bits per heavy atom. The van der Waals surface area contributed by atoms with Crippen LogP contribution in [-0.4, -0.2) is 11.7 Å². The molecule has 15 heavy (non-hydrogen) atoms. The predicted octanol–water partition coefficient (Wildman–Crippen LogP) is 2.86. The first kappa shape index (κ1) is 10.8. The van der Waals surface area contributed by atoms with E-state index in [9.17, 15) is 13.9 Å². The summed E-state index contributed by atoms with van der Waals surface area (Å²) in [6.07, 6.45) is 1.68. The van der Waals surface area contributed by atoms with Crippen molar-refractivity contribution >= 4 is 15.9 Å². The lowest BCUT2D eigenvalue weighted by molar-refractivity contribution is 0.432. The molecule has 2 N–H and O–H groups in total. The molecule has 1 heterocycles. The van der Waals surface area contributed by atoms with Crippen LogP contribution in [0.5, 0.6) is 5.75 Å². The normalized spacial score (nSPS) is 20.9. The van der Waals surface area contributed by atoms with Gasteiger partial charge in [-0.25, -0.2) is 8.78 Å². The highest BCUT2D eigenvalue weighted by Crippen LogP contribution is 2.36. The van der Waals surface area contributed by atoms with Crippen LogP contribution in [0, 0.1) is 11.6 Å². The summed E-state index contributed by atoms with van der Waals surface area (Å²) in [6.45, 7) is 0.790. The average Bonchev–Trinajstić information content (AvgIpc) is 2.68. The van der Waals surface area contributed by atoms with Gasteiger partial charge in [0.15, 0.2) is 0 Å². The fourth-order valence-corrected chi connectivity index (χ4v) is 2.19. The van der Waals surface area contributed by atoms with Crippen LogP contribution >= 0.6 is 15.9 Å². The fourth-order valence-electron chi connectivity index (χ4n) is 1.86. The quantitative estimate of drug-likeness (QED) is 0.774. The van der Waals surface area contributed by atoms with Gasteiger partial charge in [0.2, 0.25) is 0 Å². The number of rotatable bonds is 1. The van der Waals surface area contributed by atoms with Gasteiger partial charge < -0.3 is 10.4 Å². The van der Waals surface area contributed by atoms with E-state index in [4.69, 9.17) is 0 Å². The van der Waals surface area contributed by atoms with Gasteiger partial charge in [-0.05, 0) is 35.3 Å². The molecule has 5 heteroatoms. The van der Waals surface area contributed by atoms with E-state index in [0.29, 0.717) is 0 Å². The molecule has 2 nitrogen and oxygen atoms in total. The van der Waals surface area contributed by atoms with Gasteiger partial charge in [0.25, 0.3) is 0 Å². The molecular weight excluding hydrogens is 268 g/mol. The first-order chi connectivity index (χ1) is 7.11. The molecule has 1 saturated heterocycles. The Labute approximate surface area is 94.4 Å². The zero-order valence-corrected chi connectivity index (χ0v) is 9.44. The first-order valence-electron chi connectivity index (χ1n) is 4.71. The van der Waals surface area contributed by atoms with E-state index >= 15 is 0 Å². The maximum absolute atomic E-state index is 13.7. The molecular formula is C10H10BrF2NO. The Morgan fingerprint density at radius 1 is 1.47 bits per heavy atom. The van der Waals surface area contributed by atoms with Gasteiger partial charge in [0.1, 0.15) is 17.4 Å². The largest absolute Gasteiger partial charge is 0.507 e. The van der Waals surface area contributed by atoms with Gasteiger partial charge in [-0.2, -0.15) is 0 Å². The second kappa shape index (κ2) is 4.06. The van der Waals surface area contributed by atoms with Crippen molar-refractivity contribution in [2.45, 2.75) is 18.9 Å². The van der Waals surface area contributed by atoms with E-state index in [1.807, 2.05) is 0 Å². The van der Waals surface area contributed by atoms with Crippen molar-refractivity contribution in [3.8, 4) is 5.75 Å².